The van der Waals surface area contributed by atoms with Crippen molar-refractivity contribution in [1.29, 1.82) is 0 Å². The zero-order valence-corrected chi connectivity index (χ0v) is 25.8. The first-order valence-corrected chi connectivity index (χ1v) is 15.0. The topological polar surface area (TPSA) is 106 Å². The van der Waals surface area contributed by atoms with Crippen LogP contribution in [-0.4, -0.2) is 52.0 Å². The molecule has 0 atom stereocenters. The first-order valence-electron chi connectivity index (χ1n) is 15.0. The van der Waals surface area contributed by atoms with Crippen LogP contribution in [0.3, 0.4) is 0 Å². The molecular weight excluding hydrogens is 575 g/mol. The number of benzene rings is 2. The fourth-order valence-corrected chi connectivity index (χ4v) is 4.96. The van der Waals surface area contributed by atoms with E-state index in [1.807, 2.05) is 60.7 Å². The summed E-state index contributed by atoms with van der Waals surface area (Å²) >= 11 is 0. The number of piperidine rings is 1. The van der Waals surface area contributed by atoms with Gasteiger partial charge in [-0.3, -0.25) is 0 Å². The Morgan fingerprint density at radius 3 is 2.18 bits per heavy atom. The van der Waals surface area contributed by atoms with Gasteiger partial charge in [-0.2, -0.15) is 4.98 Å². The number of hydrogen-bond donors (Lipinski definition) is 2. The number of anilines is 1. The van der Waals surface area contributed by atoms with E-state index in [-0.39, 0.29) is 19.0 Å². The number of ether oxygens (including phenoxy) is 3. The van der Waals surface area contributed by atoms with Crippen LogP contribution in [0.2, 0.25) is 0 Å². The second-order valence-corrected chi connectivity index (χ2v) is 12.1. The molecule has 9 nitrogen and oxygen atoms in total. The number of nitrogens with zero attached hydrogens (tertiary/aromatic N) is 3. The maximum Gasteiger partial charge on any atom is 0.407 e. The number of carbonyl (C=O) groups excluding carboxylic acids is 1. The molecule has 1 saturated heterocycles. The Morgan fingerprint density at radius 1 is 0.956 bits per heavy atom. The Kier molecular flexibility index (Phi) is 9.83. The van der Waals surface area contributed by atoms with Gasteiger partial charge < -0.3 is 29.5 Å². The van der Waals surface area contributed by atoms with Crippen molar-refractivity contribution in [3.63, 3.8) is 0 Å². The minimum Gasteiger partial charge on any atom is -0.473 e. The van der Waals surface area contributed by atoms with E-state index in [1.54, 1.807) is 44.0 Å². The van der Waals surface area contributed by atoms with Gasteiger partial charge in [0.1, 0.15) is 18.8 Å². The van der Waals surface area contributed by atoms with E-state index in [2.05, 4.69) is 15.3 Å². The smallest absolute Gasteiger partial charge is 0.407 e. The number of carbonyl (C=O) groups is 1. The largest absolute Gasteiger partial charge is 0.473 e. The zero-order valence-electron chi connectivity index (χ0n) is 25.8. The highest BCUT2D eigenvalue weighted by atomic mass is 19.1. The number of rotatable bonds is 10. The fraction of sp³-hybridized carbons (Fsp3) is 0.343. The van der Waals surface area contributed by atoms with E-state index in [0.717, 1.165) is 11.1 Å². The minimum atomic E-state index is -1.12. The maximum atomic E-state index is 15.6. The van der Waals surface area contributed by atoms with Gasteiger partial charge in [0.05, 0.1) is 5.60 Å². The second kappa shape index (κ2) is 13.9. The molecule has 2 N–H and O–H groups in total. The molecule has 0 bridgehead atoms. The first-order chi connectivity index (χ1) is 21.6. The quantitative estimate of drug-likeness (QED) is 0.215. The van der Waals surface area contributed by atoms with Crippen LogP contribution in [0, 0.1) is 5.82 Å². The summed E-state index contributed by atoms with van der Waals surface area (Å²) < 4.78 is 32.9. The summed E-state index contributed by atoms with van der Waals surface area (Å²) in [6, 6.07) is 24.5. The predicted octanol–water partition coefficient (Wildman–Crippen LogP) is 6.30. The molecule has 0 radical (unpaired) electrons. The van der Waals surface area contributed by atoms with Crippen molar-refractivity contribution in [2.24, 2.45) is 0 Å². The molecule has 1 fully saturated rings. The van der Waals surface area contributed by atoms with Gasteiger partial charge in [0.25, 0.3) is 0 Å². The number of pyridine rings is 2. The lowest BCUT2D eigenvalue weighted by Crippen LogP contribution is -2.51. The van der Waals surface area contributed by atoms with Gasteiger partial charge in [-0.05, 0) is 56.9 Å². The normalized spacial score (nSPS) is 14.5. The van der Waals surface area contributed by atoms with Crippen molar-refractivity contribution in [3.05, 3.63) is 102 Å². The molecule has 236 valence electrons. The van der Waals surface area contributed by atoms with Crippen LogP contribution in [-0.2, 0) is 18.0 Å². The number of amides is 1. The second-order valence-electron chi connectivity index (χ2n) is 12.1. The van der Waals surface area contributed by atoms with Crippen LogP contribution < -0.4 is 19.7 Å². The molecule has 45 heavy (non-hydrogen) atoms. The van der Waals surface area contributed by atoms with E-state index < -0.39 is 23.1 Å². The molecule has 4 aromatic rings. The average Bonchev–Trinajstić information content (AvgIpc) is 3.03. The summed E-state index contributed by atoms with van der Waals surface area (Å²) in [6.45, 7) is 6.74. The number of alkyl carbamates (subject to hydrolysis) is 1. The maximum absolute atomic E-state index is 15.6. The van der Waals surface area contributed by atoms with Crippen LogP contribution in [0.25, 0.3) is 11.1 Å². The van der Waals surface area contributed by atoms with E-state index in [9.17, 15) is 9.90 Å². The summed E-state index contributed by atoms with van der Waals surface area (Å²) in [5.41, 5.74) is 1.31. The van der Waals surface area contributed by atoms with Crippen LogP contribution in [0.15, 0.2) is 85.1 Å². The molecule has 1 aliphatic heterocycles. The minimum absolute atomic E-state index is 0.0500. The highest BCUT2D eigenvalue weighted by Crippen LogP contribution is 2.34. The first kappa shape index (κ1) is 31.7. The average molecular weight is 615 g/mol. The van der Waals surface area contributed by atoms with Gasteiger partial charge >= 0.3 is 6.09 Å². The Morgan fingerprint density at radius 2 is 1.58 bits per heavy atom. The molecule has 0 unspecified atom stereocenters. The molecule has 0 aliphatic carbocycles. The van der Waals surface area contributed by atoms with Crippen LogP contribution in [0.4, 0.5) is 15.0 Å². The lowest BCUT2D eigenvalue weighted by atomic mass is 9.91. The zero-order chi connectivity index (χ0) is 31.9. The van der Waals surface area contributed by atoms with Gasteiger partial charge in [-0.1, -0.05) is 60.7 Å². The summed E-state index contributed by atoms with van der Waals surface area (Å²) in [7, 11) is 0. The van der Waals surface area contributed by atoms with Crippen molar-refractivity contribution in [2.75, 3.05) is 24.5 Å². The van der Waals surface area contributed by atoms with Gasteiger partial charge in [-0.25, -0.2) is 14.2 Å². The predicted molar refractivity (Wildman–Crippen MR) is 170 cm³/mol. The lowest BCUT2D eigenvalue weighted by Gasteiger charge is -2.39. The molecule has 2 aromatic heterocycles. The van der Waals surface area contributed by atoms with Crippen molar-refractivity contribution < 1.29 is 28.5 Å². The number of aliphatic hydroxyl groups is 1. The lowest BCUT2D eigenvalue weighted by molar-refractivity contribution is 0.00784. The summed E-state index contributed by atoms with van der Waals surface area (Å²) in [6.07, 6.45) is 1.67. The third-order valence-electron chi connectivity index (χ3n) is 7.37. The molecule has 1 aliphatic rings. The summed E-state index contributed by atoms with van der Waals surface area (Å²) in [5, 5.41) is 13.6. The Labute approximate surface area is 263 Å². The summed E-state index contributed by atoms with van der Waals surface area (Å²) in [4.78, 5) is 22.9. The van der Waals surface area contributed by atoms with E-state index in [1.165, 1.54) is 6.07 Å². The van der Waals surface area contributed by atoms with E-state index in [4.69, 9.17) is 14.2 Å². The van der Waals surface area contributed by atoms with Crippen molar-refractivity contribution >= 4 is 11.9 Å². The van der Waals surface area contributed by atoms with Crippen molar-refractivity contribution in [2.45, 2.75) is 58.0 Å². The van der Waals surface area contributed by atoms with Crippen LogP contribution in [0.5, 0.6) is 11.8 Å². The molecule has 3 heterocycles. The third-order valence-corrected chi connectivity index (χ3v) is 7.37. The standard InChI is InChI=1S/C35H39FN4O5/c1-34(2,3)45-33(41)38-24-35(42)16-18-40(19-17-35)31-29(36)20-27(21-37-31)28-14-15-30(43-22-25-10-6-4-7-11-25)39-32(28)44-23-26-12-8-5-9-13-26/h4-15,20-21,42H,16-19,22-24H2,1-3H3,(H,38,41). The number of aromatic nitrogens is 2. The molecular formula is C35H39FN4O5. The van der Waals surface area contributed by atoms with E-state index >= 15 is 4.39 Å². The van der Waals surface area contributed by atoms with Crippen molar-refractivity contribution in [1.82, 2.24) is 15.3 Å². The van der Waals surface area contributed by atoms with E-state index in [0.29, 0.717) is 55.4 Å². The SMILES string of the molecule is CC(C)(C)OC(=O)NCC1(O)CCN(c2ncc(-c3ccc(OCc4ccccc4)nc3OCc3ccccc3)cc2F)CC1. The highest BCUT2D eigenvalue weighted by Gasteiger charge is 2.34. The molecule has 1 amide bonds. The Balaban J connectivity index is 1.28. The van der Waals surface area contributed by atoms with Crippen LogP contribution in [0.1, 0.15) is 44.7 Å². The monoisotopic (exact) mass is 614 g/mol. The van der Waals surface area contributed by atoms with Gasteiger partial charge in [-0.15, -0.1) is 0 Å². The number of nitrogens with one attached hydrogen (secondary N) is 1. The fourth-order valence-electron chi connectivity index (χ4n) is 4.96. The molecule has 5 rings (SSSR count). The number of hydrogen-bond acceptors (Lipinski definition) is 8. The molecule has 10 heteroatoms. The number of halogens is 1. The Bertz CT molecular complexity index is 1570. The highest BCUT2D eigenvalue weighted by molar-refractivity contribution is 5.70. The van der Waals surface area contributed by atoms with Crippen molar-refractivity contribution in [3.8, 4) is 22.9 Å². The third kappa shape index (κ3) is 8.92. The molecule has 0 saturated carbocycles. The summed E-state index contributed by atoms with van der Waals surface area (Å²) in [5.74, 6) is 0.392. The molecule has 2 aromatic carbocycles. The van der Waals surface area contributed by atoms with Gasteiger partial charge in [0, 0.05) is 43.0 Å². The molecule has 0 spiro atoms. The van der Waals surface area contributed by atoms with Gasteiger partial charge in [0.2, 0.25) is 11.8 Å². The van der Waals surface area contributed by atoms with Gasteiger partial charge in [0.15, 0.2) is 11.6 Å². The Hall–Kier alpha value is -4.70. The van der Waals surface area contributed by atoms with Crippen LogP contribution >= 0.6 is 0 Å².